The third-order valence-electron chi connectivity index (χ3n) is 3.22. The number of nitrogens with zero attached hydrogens (tertiary/aromatic N) is 1. The SMILES string of the molecule is C\C=C(C)/C=C\C(=C/C)OC1CCN(C)CC1. The van der Waals surface area contributed by atoms with Crippen LogP contribution < -0.4 is 0 Å². The highest BCUT2D eigenvalue weighted by molar-refractivity contribution is 5.22. The van der Waals surface area contributed by atoms with Crippen molar-refractivity contribution in [1.82, 2.24) is 4.90 Å². The van der Waals surface area contributed by atoms with Crippen LogP contribution >= 0.6 is 0 Å². The van der Waals surface area contributed by atoms with E-state index in [0.717, 1.165) is 31.7 Å². The molecule has 0 aromatic rings. The summed E-state index contributed by atoms with van der Waals surface area (Å²) >= 11 is 0. The summed E-state index contributed by atoms with van der Waals surface area (Å²) in [6.45, 7) is 8.45. The van der Waals surface area contributed by atoms with Crippen molar-refractivity contribution in [2.24, 2.45) is 0 Å². The van der Waals surface area contributed by atoms with Gasteiger partial charge in [-0.2, -0.15) is 0 Å². The van der Waals surface area contributed by atoms with Crippen LogP contribution in [-0.4, -0.2) is 31.1 Å². The fourth-order valence-electron chi connectivity index (χ4n) is 1.81. The lowest BCUT2D eigenvalue weighted by atomic mass is 10.1. The molecule has 0 spiro atoms. The number of piperidine rings is 1. The van der Waals surface area contributed by atoms with E-state index in [4.69, 9.17) is 4.74 Å². The van der Waals surface area contributed by atoms with Gasteiger partial charge >= 0.3 is 0 Å². The lowest BCUT2D eigenvalue weighted by Gasteiger charge is -2.29. The van der Waals surface area contributed by atoms with E-state index in [0.29, 0.717) is 6.10 Å². The minimum atomic E-state index is 0.382. The first kappa shape index (κ1) is 14.0. The van der Waals surface area contributed by atoms with Gasteiger partial charge in [-0.3, -0.25) is 0 Å². The van der Waals surface area contributed by atoms with E-state index in [-0.39, 0.29) is 0 Å². The second-order valence-corrected chi connectivity index (χ2v) is 4.68. The fraction of sp³-hybridized carbons (Fsp3) is 0.600. The van der Waals surface area contributed by atoms with Crippen molar-refractivity contribution in [1.29, 1.82) is 0 Å². The van der Waals surface area contributed by atoms with Crippen LogP contribution in [0.15, 0.2) is 35.6 Å². The molecule has 0 bridgehead atoms. The van der Waals surface area contributed by atoms with Crippen LogP contribution in [0.1, 0.15) is 33.6 Å². The molecule has 2 nitrogen and oxygen atoms in total. The molecular formula is C15H25NO. The van der Waals surface area contributed by atoms with Gasteiger partial charge in [-0.25, -0.2) is 0 Å². The van der Waals surface area contributed by atoms with E-state index in [9.17, 15) is 0 Å². The number of hydrogen-bond acceptors (Lipinski definition) is 2. The van der Waals surface area contributed by atoms with Crippen molar-refractivity contribution in [3.63, 3.8) is 0 Å². The molecule has 0 radical (unpaired) electrons. The Labute approximate surface area is 106 Å². The Kier molecular flexibility index (Phi) is 6.06. The van der Waals surface area contributed by atoms with Crippen LogP contribution in [0.3, 0.4) is 0 Å². The minimum Gasteiger partial charge on any atom is -0.491 e. The van der Waals surface area contributed by atoms with Crippen LogP contribution in [0.25, 0.3) is 0 Å². The monoisotopic (exact) mass is 235 g/mol. The third kappa shape index (κ3) is 5.22. The van der Waals surface area contributed by atoms with Crippen LogP contribution in [0.2, 0.25) is 0 Å². The highest BCUT2D eigenvalue weighted by Gasteiger charge is 2.17. The fourth-order valence-corrected chi connectivity index (χ4v) is 1.81. The molecule has 96 valence electrons. The van der Waals surface area contributed by atoms with Crippen molar-refractivity contribution in [3.05, 3.63) is 35.6 Å². The predicted molar refractivity (Wildman–Crippen MR) is 73.9 cm³/mol. The number of ether oxygens (including phenoxy) is 1. The van der Waals surface area contributed by atoms with Crippen molar-refractivity contribution >= 4 is 0 Å². The van der Waals surface area contributed by atoms with Gasteiger partial charge in [-0.15, -0.1) is 0 Å². The molecule has 0 aliphatic carbocycles. The molecule has 1 aliphatic heterocycles. The Balaban J connectivity index is 2.45. The summed E-state index contributed by atoms with van der Waals surface area (Å²) in [5.41, 5.74) is 1.26. The van der Waals surface area contributed by atoms with Gasteiger partial charge in [-0.05, 0) is 52.8 Å². The topological polar surface area (TPSA) is 12.5 Å². The second kappa shape index (κ2) is 7.33. The van der Waals surface area contributed by atoms with Gasteiger partial charge in [0.2, 0.25) is 0 Å². The van der Waals surface area contributed by atoms with Crippen LogP contribution in [0, 0.1) is 0 Å². The van der Waals surface area contributed by atoms with E-state index >= 15 is 0 Å². The van der Waals surface area contributed by atoms with Crippen LogP contribution in [0.5, 0.6) is 0 Å². The van der Waals surface area contributed by atoms with Crippen molar-refractivity contribution < 1.29 is 4.74 Å². The summed E-state index contributed by atoms with van der Waals surface area (Å²) in [6, 6.07) is 0. The molecule has 1 heterocycles. The molecule has 1 saturated heterocycles. The van der Waals surface area contributed by atoms with Gasteiger partial charge in [0.15, 0.2) is 0 Å². The minimum absolute atomic E-state index is 0.382. The Morgan fingerprint density at radius 2 is 1.76 bits per heavy atom. The lowest BCUT2D eigenvalue weighted by Crippen LogP contribution is -2.34. The zero-order chi connectivity index (χ0) is 12.7. The highest BCUT2D eigenvalue weighted by Crippen LogP contribution is 2.16. The second-order valence-electron chi connectivity index (χ2n) is 4.68. The van der Waals surface area contributed by atoms with E-state index in [1.54, 1.807) is 0 Å². The van der Waals surface area contributed by atoms with Crippen LogP contribution in [0.4, 0.5) is 0 Å². The van der Waals surface area contributed by atoms with Crippen LogP contribution in [-0.2, 0) is 4.74 Å². The van der Waals surface area contributed by atoms with Crippen molar-refractivity contribution in [2.45, 2.75) is 39.7 Å². The quantitative estimate of drug-likeness (QED) is 0.546. The zero-order valence-electron chi connectivity index (χ0n) is 11.6. The predicted octanol–water partition coefficient (Wildman–Crippen LogP) is 3.52. The summed E-state index contributed by atoms with van der Waals surface area (Å²) in [5, 5.41) is 0. The molecule has 0 saturated carbocycles. The smallest absolute Gasteiger partial charge is 0.115 e. The first-order valence-electron chi connectivity index (χ1n) is 6.48. The average molecular weight is 235 g/mol. The summed E-state index contributed by atoms with van der Waals surface area (Å²) in [6.07, 6.45) is 10.9. The molecule has 1 fully saturated rings. The van der Waals surface area contributed by atoms with Gasteiger partial charge in [0, 0.05) is 13.1 Å². The Hall–Kier alpha value is -1.02. The molecular weight excluding hydrogens is 210 g/mol. The van der Waals surface area contributed by atoms with Gasteiger partial charge < -0.3 is 9.64 Å². The Morgan fingerprint density at radius 1 is 1.12 bits per heavy atom. The maximum atomic E-state index is 6.00. The van der Waals surface area contributed by atoms with E-state index < -0.39 is 0 Å². The molecule has 0 atom stereocenters. The largest absolute Gasteiger partial charge is 0.491 e. The van der Waals surface area contributed by atoms with E-state index in [1.165, 1.54) is 5.57 Å². The third-order valence-corrected chi connectivity index (χ3v) is 3.22. The van der Waals surface area contributed by atoms with Gasteiger partial charge in [0.05, 0.1) is 0 Å². The Bertz CT molecular complexity index is 307. The number of hydrogen-bond donors (Lipinski definition) is 0. The molecule has 0 unspecified atom stereocenters. The zero-order valence-corrected chi connectivity index (χ0v) is 11.6. The maximum absolute atomic E-state index is 6.00. The summed E-state index contributed by atoms with van der Waals surface area (Å²) in [5.74, 6) is 0.987. The lowest BCUT2D eigenvalue weighted by molar-refractivity contribution is 0.0639. The summed E-state index contributed by atoms with van der Waals surface area (Å²) in [4.78, 5) is 2.36. The summed E-state index contributed by atoms with van der Waals surface area (Å²) in [7, 11) is 2.17. The normalized spacial score (nSPS) is 21.2. The molecule has 0 amide bonds. The molecule has 17 heavy (non-hydrogen) atoms. The number of rotatable bonds is 4. The average Bonchev–Trinajstić information content (AvgIpc) is 2.36. The first-order chi connectivity index (χ1) is 8.15. The maximum Gasteiger partial charge on any atom is 0.115 e. The molecule has 0 N–H and O–H groups in total. The Morgan fingerprint density at radius 3 is 2.29 bits per heavy atom. The first-order valence-corrected chi connectivity index (χ1v) is 6.48. The van der Waals surface area contributed by atoms with Crippen molar-refractivity contribution in [2.75, 3.05) is 20.1 Å². The summed E-state index contributed by atoms with van der Waals surface area (Å²) < 4.78 is 6.00. The van der Waals surface area contributed by atoms with E-state index in [2.05, 4.69) is 37.1 Å². The molecule has 0 aromatic heterocycles. The molecule has 0 aromatic carbocycles. The van der Waals surface area contributed by atoms with Gasteiger partial charge in [0.25, 0.3) is 0 Å². The van der Waals surface area contributed by atoms with E-state index in [1.807, 2.05) is 19.9 Å². The molecule has 2 heteroatoms. The standard InChI is InChI=1S/C15H25NO/c1-5-13(3)7-8-14(6-2)17-15-9-11-16(4)12-10-15/h5-8,15H,9-12H2,1-4H3/b8-7-,13-5-,14-6+. The molecule has 1 rings (SSSR count). The van der Waals surface area contributed by atoms with Crippen molar-refractivity contribution in [3.8, 4) is 0 Å². The molecule has 1 aliphatic rings. The highest BCUT2D eigenvalue weighted by atomic mass is 16.5. The number of likely N-dealkylation sites (tertiary alicyclic amines) is 1. The van der Waals surface area contributed by atoms with Gasteiger partial charge in [-0.1, -0.05) is 17.7 Å². The number of allylic oxidation sites excluding steroid dienone is 5. The van der Waals surface area contributed by atoms with Gasteiger partial charge in [0.1, 0.15) is 11.9 Å².